The molecule has 0 radical (unpaired) electrons. The van der Waals surface area contributed by atoms with E-state index in [1.165, 1.54) is 18.1 Å². The number of carbonyl (C=O) groups is 2. The van der Waals surface area contributed by atoms with Gasteiger partial charge in [0.25, 0.3) is 5.91 Å². The van der Waals surface area contributed by atoms with Crippen LogP contribution in [-0.2, 0) is 15.7 Å². The monoisotopic (exact) mass is 372 g/mol. The first-order chi connectivity index (χ1) is 12.2. The zero-order valence-corrected chi connectivity index (χ0v) is 14.1. The minimum Gasteiger partial charge on any atom is -0.481 e. The van der Waals surface area contributed by atoms with E-state index < -0.39 is 35.8 Å². The van der Waals surface area contributed by atoms with E-state index in [9.17, 15) is 27.9 Å². The van der Waals surface area contributed by atoms with Gasteiger partial charge in [-0.1, -0.05) is 0 Å². The molecule has 2 aliphatic rings. The lowest BCUT2D eigenvalue weighted by atomic mass is 9.95. The Bertz CT molecular complexity index is 718. The number of pyridine rings is 1. The fourth-order valence-electron chi connectivity index (χ4n) is 3.16. The standard InChI is InChI=1S/C17H19F3N2O4/c1-26-12-4-11(16(24)25)7-22(8-12)15(23)10-5-13(9-2-3-9)21-14(6-10)17(18,19)20/h5-6,9,11-12H,2-4,7-8H2,1H3,(H,24,25). The van der Waals surface area contributed by atoms with Crippen LogP contribution >= 0.6 is 0 Å². The summed E-state index contributed by atoms with van der Waals surface area (Å²) >= 11 is 0. The summed E-state index contributed by atoms with van der Waals surface area (Å²) in [6, 6.07) is 2.13. The molecule has 0 spiro atoms. The zero-order chi connectivity index (χ0) is 19.1. The number of likely N-dealkylation sites (tertiary alicyclic amines) is 1. The first-order valence-electron chi connectivity index (χ1n) is 8.33. The molecule has 1 aromatic rings. The third-order valence-corrected chi connectivity index (χ3v) is 4.76. The van der Waals surface area contributed by atoms with Crippen molar-refractivity contribution in [1.29, 1.82) is 0 Å². The van der Waals surface area contributed by atoms with E-state index in [0.717, 1.165) is 18.9 Å². The van der Waals surface area contributed by atoms with Crippen LogP contribution in [0.4, 0.5) is 13.2 Å². The second-order valence-electron chi connectivity index (χ2n) is 6.78. The van der Waals surface area contributed by atoms with Gasteiger partial charge in [-0.25, -0.2) is 4.98 Å². The van der Waals surface area contributed by atoms with Crippen molar-refractivity contribution in [2.24, 2.45) is 5.92 Å². The number of carboxylic acids is 1. The van der Waals surface area contributed by atoms with Gasteiger partial charge in [-0.3, -0.25) is 9.59 Å². The molecule has 1 N–H and O–H groups in total. The third-order valence-electron chi connectivity index (χ3n) is 4.76. The number of hydrogen-bond acceptors (Lipinski definition) is 4. The normalized spacial score (nSPS) is 23.8. The van der Waals surface area contributed by atoms with Gasteiger partial charge in [0.15, 0.2) is 0 Å². The molecule has 1 saturated heterocycles. The van der Waals surface area contributed by atoms with E-state index in [1.54, 1.807) is 0 Å². The highest BCUT2D eigenvalue weighted by Crippen LogP contribution is 2.41. The van der Waals surface area contributed by atoms with Crippen molar-refractivity contribution in [3.8, 4) is 0 Å². The average Bonchev–Trinajstić information content (AvgIpc) is 3.44. The molecule has 1 aromatic heterocycles. The first kappa shape index (κ1) is 18.6. The summed E-state index contributed by atoms with van der Waals surface area (Å²) in [5, 5.41) is 9.25. The number of aliphatic carboxylic acids is 1. The number of halogens is 3. The second kappa shape index (κ2) is 6.86. The van der Waals surface area contributed by atoms with Crippen molar-refractivity contribution >= 4 is 11.9 Å². The summed E-state index contributed by atoms with van der Waals surface area (Å²) in [5.74, 6) is -2.56. The van der Waals surface area contributed by atoms with E-state index in [-0.39, 0.29) is 36.7 Å². The van der Waals surface area contributed by atoms with Gasteiger partial charge in [-0.05, 0) is 31.4 Å². The Morgan fingerprint density at radius 2 is 1.96 bits per heavy atom. The number of nitrogens with zero attached hydrogens (tertiary/aromatic N) is 2. The lowest BCUT2D eigenvalue weighted by Gasteiger charge is -2.35. The highest BCUT2D eigenvalue weighted by atomic mass is 19.4. The Hall–Kier alpha value is -2.16. The predicted molar refractivity (Wildman–Crippen MR) is 83.7 cm³/mol. The van der Waals surface area contributed by atoms with Gasteiger partial charge in [0, 0.05) is 37.4 Å². The molecule has 2 atom stereocenters. The summed E-state index contributed by atoms with van der Waals surface area (Å²) in [7, 11) is 1.41. The maximum Gasteiger partial charge on any atom is 0.433 e. The number of alkyl halides is 3. The minimum absolute atomic E-state index is 0.0521. The van der Waals surface area contributed by atoms with Gasteiger partial charge in [-0.2, -0.15) is 13.2 Å². The van der Waals surface area contributed by atoms with Crippen LogP contribution in [0, 0.1) is 5.92 Å². The SMILES string of the molecule is COC1CC(C(=O)O)CN(C(=O)c2cc(C3CC3)nc(C(F)(F)F)c2)C1. The number of rotatable bonds is 4. The number of aromatic nitrogens is 1. The Labute approximate surface area is 148 Å². The molecule has 2 fully saturated rings. The van der Waals surface area contributed by atoms with E-state index >= 15 is 0 Å². The van der Waals surface area contributed by atoms with E-state index in [1.807, 2.05) is 0 Å². The molecule has 1 amide bonds. The summed E-state index contributed by atoms with van der Waals surface area (Å²) < 4.78 is 44.6. The molecule has 2 heterocycles. The van der Waals surface area contributed by atoms with Crippen LogP contribution in [0.25, 0.3) is 0 Å². The lowest BCUT2D eigenvalue weighted by molar-refractivity contribution is -0.145. The Kier molecular flexibility index (Phi) is 4.92. The molecule has 26 heavy (non-hydrogen) atoms. The van der Waals surface area contributed by atoms with E-state index in [4.69, 9.17) is 4.74 Å². The van der Waals surface area contributed by atoms with Crippen molar-refractivity contribution in [3.05, 3.63) is 29.1 Å². The van der Waals surface area contributed by atoms with Crippen molar-refractivity contribution in [2.75, 3.05) is 20.2 Å². The summed E-state index contributed by atoms with van der Waals surface area (Å²) in [4.78, 5) is 29.0. The van der Waals surface area contributed by atoms with Gasteiger partial charge >= 0.3 is 12.1 Å². The van der Waals surface area contributed by atoms with Crippen LogP contribution in [0.2, 0.25) is 0 Å². The van der Waals surface area contributed by atoms with Crippen molar-refractivity contribution in [1.82, 2.24) is 9.88 Å². The molecule has 9 heteroatoms. The molecule has 6 nitrogen and oxygen atoms in total. The van der Waals surface area contributed by atoms with E-state index in [2.05, 4.69) is 4.98 Å². The van der Waals surface area contributed by atoms with Gasteiger partial charge < -0.3 is 14.7 Å². The molecule has 142 valence electrons. The number of methoxy groups -OCH3 is 1. The molecule has 2 unspecified atom stereocenters. The van der Waals surface area contributed by atoms with Crippen LogP contribution in [-0.4, -0.2) is 53.2 Å². The van der Waals surface area contributed by atoms with Crippen LogP contribution in [0.3, 0.4) is 0 Å². The molecule has 1 saturated carbocycles. The van der Waals surface area contributed by atoms with E-state index in [0.29, 0.717) is 0 Å². The fourth-order valence-corrected chi connectivity index (χ4v) is 3.16. The largest absolute Gasteiger partial charge is 0.481 e. The van der Waals surface area contributed by atoms with Crippen LogP contribution < -0.4 is 0 Å². The number of carboxylic acid groups (broad SMARTS) is 1. The average molecular weight is 372 g/mol. The number of hydrogen-bond donors (Lipinski definition) is 1. The molecule has 1 aliphatic heterocycles. The summed E-state index contributed by atoms with van der Waals surface area (Å²) in [6.45, 7) is 0.0814. The van der Waals surface area contributed by atoms with Gasteiger partial charge in [0.05, 0.1) is 12.0 Å². The van der Waals surface area contributed by atoms with Gasteiger partial charge in [0.2, 0.25) is 0 Å². The molecule has 0 bridgehead atoms. The molecular formula is C17H19F3N2O4. The van der Waals surface area contributed by atoms with Crippen molar-refractivity contribution in [3.63, 3.8) is 0 Å². The van der Waals surface area contributed by atoms with Crippen molar-refractivity contribution < 1.29 is 32.6 Å². The van der Waals surface area contributed by atoms with Gasteiger partial charge in [-0.15, -0.1) is 0 Å². The highest BCUT2D eigenvalue weighted by Gasteiger charge is 2.38. The van der Waals surface area contributed by atoms with Crippen molar-refractivity contribution in [2.45, 2.75) is 37.5 Å². The molecule has 3 rings (SSSR count). The topological polar surface area (TPSA) is 79.7 Å². The fraction of sp³-hybridized carbons (Fsp3) is 0.588. The molecule has 0 aromatic carbocycles. The second-order valence-corrected chi connectivity index (χ2v) is 6.78. The first-order valence-corrected chi connectivity index (χ1v) is 8.33. The summed E-state index contributed by atoms with van der Waals surface area (Å²) in [6.07, 6.45) is -3.37. The van der Waals surface area contributed by atoms with Crippen LogP contribution in [0.5, 0.6) is 0 Å². The third kappa shape index (κ3) is 3.98. The zero-order valence-electron chi connectivity index (χ0n) is 14.1. The van der Waals surface area contributed by atoms with Gasteiger partial charge in [0.1, 0.15) is 5.69 Å². The predicted octanol–water partition coefficient (Wildman–Crippen LogP) is 2.54. The number of piperidine rings is 1. The maximum absolute atomic E-state index is 13.1. The van der Waals surface area contributed by atoms with Crippen LogP contribution in [0.15, 0.2) is 12.1 Å². The number of amides is 1. The summed E-state index contributed by atoms with van der Waals surface area (Å²) in [5.41, 5.74) is -0.950. The minimum atomic E-state index is -4.65. The number of ether oxygens (including phenoxy) is 1. The highest BCUT2D eigenvalue weighted by molar-refractivity contribution is 5.95. The lowest BCUT2D eigenvalue weighted by Crippen LogP contribution is -2.48. The smallest absolute Gasteiger partial charge is 0.433 e. The molecule has 1 aliphatic carbocycles. The quantitative estimate of drug-likeness (QED) is 0.879. The Morgan fingerprint density at radius 1 is 1.27 bits per heavy atom. The Morgan fingerprint density at radius 3 is 2.50 bits per heavy atom. The van der Waals surface area contributed by atoms with Crippen LogP contribution in [0.1, 0.15) is 46.9 Å². The molecular weight excluding hydrogens is 353 g/mol. The number of carbonyl (C=O) groups excluding carboxylic acids is 1. The Balaban J connectivity index is 1.90. The maximum atomic E-state index is 13.1.